The first-order valence-corrected chi connectivity index (χ1v) is 2.05. The standard InChI is InChI=1S/C5H9N.ClH/c1-2-3-4-5-6;/h1H,3-6H2;1H. The monoisotopic (exact) mass is 119 g/mol. The Bertz CT molecular complexity index is 55.6. The summed E-state index contributed by atoms with van der Waals surface area (Å²) in [7, 11) is 0. The van der Waals surface area contributed by atoms with Crippen LogP contribution in [-0.2, 0) is 0 Å². The van der Waals surface area contributed by atoms with E-state index < -0.39 is 0 Å². The van der Waals surface area contributed by atoms with E-state index in [4.69, 9.17) is 12.2 Å². The molecule has 0 radical (unpaired) electrons. The Morgan fingerprint density at radius 1 is 1.57 bits per heavy atom. The van der Waals surface area contributed by atoms with E-state index in [2.05, 4.69) is 5.92 Å². The Morgan fingerprint density at radius 2 is 2.14 bits per heavy atom. The lowest BCUT2D eigenvalue weighted by Gasteiger charge is -1.80. The highest BCUT2D eigenvalue weighted by atomic mass is 35.5. The third-order valence-electron chi connectivity index (χ3n) is 0.525. The van der Waals surface area contributed by atoms with Gasteiger partial charge in [-0.25, -0.2) is 0 Å². The third-order valence-corrected chi connectivity index (χ3v) is 0.525. The number of terminal acetylenes is 1. The summed E-state index contributed by atoms with van der Waals surface area (Å²) in [6.45, 7) is 0.712. The van der Waals surface area contributed by atoms with Crippen LogP contribution in [0.4, 0.5) is 0 Å². The van der Waals surface area contributed by atoms with Gasteiger partial charge in [0.05, 0.1) is 0 Å². The van der Waals surface area contributed by atoms with E-state index in [0.29, 0.717) is 6.54 Å². The zero-order valence-electron chi connectivity index (χ0n) is 4.18. The van der Waals surface area contributed by atoms with Gasteiger partial charge in [0.15, 0.2) is 0 Å². The first-order chi connectivity index (χ1) is 2.91. The molecule has 0 saturated carbocycles. The van der Waals surface area contributed by atoms with Crippen LogP contribution in [0.2, 0.25) is 0 Å². The van der Waals surface area contributed by atoms with Crippen molar-refractivity contribution in [3.8, 4) is 12.3 Å². The molecule has 42 valence electrons. The van der Waals surface area contributed by atoms with Gasteiger partial charge in [-0.1, -0.05) is 0 Å². The predicted molar refractivity (Wildman–Crippen MR) is 34.4 cm³/mol. The summed E-state index contributed by atoms with van der Waals surface area (Å²) in [4.78, 5) is 0. The highest BCUT2D eigenvalue weighted by Gasteiger charge is 1.71. The van der Waals surface area contributed by atoms with Crippen molar-refractivity contribution in [1.29, 1.82) is 0 Å². The van der Waals surface area contributed by atoms with Gasteiger partial charge in [0, 0.05) is 6.42 Å². The predicted octanol–water partition coefficient (Wildman–Crippen LogP) is 0.780. The normalized spacial score (nSPS) is 6.29. The minimum atomic E-state index is 0. The lowest BCUT2D eigenvalue weighted by Crippen LogP contribution is -1.96. The molecule has 2 heteroatoms. The van der Waals surface area contributed by atoms with Gasteiger partial charge in [-0.2, -0.15) is 0 Å². The number of hydrogen-bond acceptors (Lipinski definition) is 1. The summed E-state index contributed by atoms with van der Waals surface area (Å²) in [5.41, 5.74) is 5.12. The maximum Gasteiger partial charge on any atom is 0.00980 e. The van der Waals surface area contributed by atoms with Crippen LogP contribution in [0.25, 0.3) is 0 Å². The molecule has 0 spiro atoms. The smallest absolute Gasteiger partial charge is 0.00980 e. The van der Waals surface area contributed by atoms with E-state index in [-0.39, 0.29) is 12.4 Å². The van der Waals surface area contributed by atoms with Gasteiger partial charge in [-0.15, -0.1) is 24.8 Å². The second kappa shape index (κ2) is 9.26. The molecule has 0 aromatic heterocycles. The van der Waals surface area contributed by atoms with Gasteiger partial charge in [0.25, 0.3) is 0 Å². The fourth-order valence-electron chi connectivity index (χ4n) is 0.204. The highest BCUT2D eigenvalue weighted by molar-refractivity contribution is 5.85. The van der Waals surface area contributed by atoms with Gasteiger partial charge < -0.3 is 5.73 Å². The molecule has 0 unspecified atom stereocenters. The van der Waals surface area contributed by atoms with Crippen LogP contribution in [-0.4, -0.2) is 6.54 Å². The second-order valence-electron chi connectivity index (χ2n) is 1.10. The molecule has 0 aliphatic carbocycles. The summed E-state index contributed by atoms with van der Waals surface area (Å²) >= 11 is 0. The van der Waals surface area contributed by atoms with Crippen LogP contribution in [0.15, 0.2) is 0 Å². The molecule has 0 atom stereocenters. The molecule has 0 aliphatic rings. The third kappa shape index (κ3) is 10.7. The molecule has 0 saturated heterocycles. The summed E-state index contributed by atoms with van der Waals surface area (Å²) < 4.78 is 0. The minimum absolute atomic E-state index is 0. The molecule has 0 aromatic carbocycles. The number of hydrogen-bond donors (Lipinski definition) is 1. The van der Waals surface area contributed by atoms with Crippen molar-refractivity contribution in [2.75, 3.05) is 6.54 Å². The van der Waals surface area contributed by atoms with Crippen LogP contribution >= 0.6 is 12.4 Å². The molecule has 1 nitrogen and oxygen atoms in total. The van der Waals surface area contributed by atoms with Crippen molar-refractivity contribution in [2.45, 2.75) is 12.8 Å². The Balaban J connectivity index is 0. The van der Waals surface area contributed by atoms with Gasteiger partial charge in [-0.3, -0.25) is 0 Å². The quantitative estimate of drug-likeness (QED) is 0.422. The minimum Gasteiger partial charge on any atom is -0.330 e. The van der Waals surface area contributed by atoms with Crippen LogP contribution in [0.5, 0.6) is 0 Å². The molecule has 0 rings (SSSR count). The molecular formula is C5H10ClN. The largest absolute Gasteiger partial charge is 0.330 e. The van der Waals surface area contributed by atoms with Crippen molar-refractivity contribution in [2.24, 2.45) is 5.73 Å². The van der Waals surface area contributed by atoms with Gasteiger partial charge in [0.1, 0.15) is 0 Å². The van der Waals surface area contributed by atoms with Gasteiger partial charge >= 0.3 is 0 Å². The maximum absolute atomic E-state index is 5.12. The summed E-state index contributed by atoms with van der Waals surface area (Å²) in [5, 5.41) is 0. The number of unbranched alkanes of at least 4 members (excludes halogenated alkanes) is 1. The zero-order chi connectivity index (χ0) is 4.83. The summed E-state index contributed by atoms with van der Waals surface area (Å²) in [6.07, 6.45) is 6.68. The highest BCUT2D eigenvalue weighted by Crippen LogP contribution is 1.77. The number of halogens is 1. The molecule has 0 aliphatic heterocycles. The van der Waals surface area contributed by atoms with Crippen molar-refractivity contribution in [3.63, 3.8) is 0 Å². The van der Waals surface area contributed by atoms with E-state index in [9.17, 15) is 0 Å². The number of nitrogens with two attached hydrogens (primary N) is 1. The lowest BCUT2D eigenvalue weighted by molar-refractivity contribution is 0.870. The van der Waals surface area contributed by atoms with Crippen LogP contribution in [0, 0.1) is 12.3 Å². The van der Waals surface area contributed by atoms with Crippen LogP contribution < -0.4 is 5.73 Å². The number of rotatable bonds is 2. The Hall–Kier alpha value is -0.190. The van der Waals surface area contributed by atoms with E-state index in [1.54, 1.807) is 0 Å². The second-order valence-corrected chi connectivity index (χ2v) is 1.10. The molecule has 0 fully saturated rings. The Morgan fingerprint density at radius 3 is 2.29 bits per heavy atom. The van der Waals surface area contributed by atoms with Crippen molar-refractivity contribution < 1.29 is 0 Å². The molecule has 0 heterocycles. The van der Waals surface area contributed by atoms with Crippen molar-refractivity contribution in [1.82, 2.24) is 0 Å². The van der Waals surface area contributed by atoms with E-state index in [1.165, 1.54) is 0 Å². The Labute approximate surface area is 50.7 Å². The molecule has 0 amide bonds. The maximum atomic E-state index is 5.12. The SMILES string of the molecule is C#CCCCN.Cl. The van der Waals surface area contributed by atoms with Crippen molar-refractivity contribution >= 4 is 12.4 Å². The summed E-state index contributed by atoms with van der Waals surface area (Å²) in [5.74, 6) is 2.49. The molecule has 0 aromatic rings. The summed E-state index contributed by atoms with van der Waals surface area (Å²) in [6, 6.07) is 0. The fourth-order valence-corrected chi connectivity index (χ4v) is 0.204. The fraction of sp³-hybridized carbons (Fsp3) is 0.600. The average Bonchev–Trinajstić information content (AvgIpc) is 1.61. The van der Waals surface area contributed by atoms with Gasteiger partial charge in [-0.05, 0) is 13.0 Å². The molecule has 2 N–H and O–H groups in total. The Kier molecular flexibility index (Phi) is 13.1. The molecular weight excluding hydrogens is 110 g/mol. The van der Waals surface area contributed by atoms with Gasteiger partial charge in [0.2, 0.25) is 0 Å². The average molecular weight is 120 g/mol. The van der Waals surface area contributed by atoms with E-state index in [1.807, 2.05) is 0 Å². The van der Waals surface area contributed by atoms with Crippen LogP contribution in [0.1, 0.15) is 12.8 Å². The van der Waals surface area contributed by atoms with Crippen molar-refractivity contribution in [3.05, 3.63) is 0 Å². The first-order valence-electron chi connectivity index (χ1n) is 2.05. The topological polar surface area (TPSA) is 26.0 Å². The molecule has 0 bridgehead atoms. The zero-order valence-corrected chi connectivity index (χ0v) is 5.00. The van der Waals surface area contributed by atoms with E-state index >= 15 is 0 Å². The molecule has 7 heavy (non-hydrogen) atoms. The first kappa shape index (κ1) is 9.94. The van der Waals surface area contributed by atoms with E-state index in [0.717, 1.165) is 12.8 Å². The van der Waals surface area contributed by atoms with Crippen LogP contribution in [0.3, 0.4) is 0 Å². The lowest BCUT2D eigenvalue weighted by atomic mass is 10.3.